The fourth-order valence-electron chi connectivity index (χ4n) is 2.73. The number of nitrogens with zero attached hydrogens (tertiary/aromatic N) is 2. The van der Waals surface area contributed by atoms with Crippen LogP contribution in [0.3, 0.4) is 0 Å². The Morgan fingerprint density at radius 1 is 1.04 bits per heavy atom. The second-order valence-corrected chi connectivity index (χ2v) is 6.71. The Morgan fingerprint density at radius 2 is 1.78 bits per heavy atom. The molecule has 0 spiro atoms. The minimum absolute atomic E-state index is 0.226. The zero-order chi connectivity index (χ0) is 19.1. The number of anilines is 1. The van der Waals surface area contributed by atoms with Crippen molar-refractivity contribution in [2.24, 2.45) is 0 Å². The van der Waals surface area contributed by atoms with E-state index >= 15 is 0 Å². The average molecular weight is 379 g/mol. The molecule has 3 rings (SSSR count). The van der Waals surface area contributed by atoms with Gasteiger partial charge in [-0.2, -0.15) is 0 Å². The Labute approximate surface area is 164 Å². The van der Waals surface area contributed by atoms with Gasteiger partial charge >= 0.3 is 0 Å². The number of aryl methyl sites for hydroxylation is 1. The molecule has 27 heavy (non-hydrogen) atoms. The molecule has 0 unspecified atom stereocenters. The molecule has 0 bridgehead atoms. The van der Waals surface area contributed by atoms with Crippen LogP contribution in [0.1, 0.15) is 42.2 Å². The molecule has 0 aliphatic carbocycles. The number of amides is 1. The van der Waals surface area contributed by atoms with Crippen LogP contribution < -0.4 is 10.6 Å². The summed E-state index contributed by atoms with van der Waals surface area (Å²) >= 11 is 5.24. The molecule has 6 heteroatoms. The Kier molecular flexibility index (Phi) is 6.44. The lowest BCUT2D eigenvalue weighted by Gasteiger charge is -2.10. The minimum atomic E-state index is -0.387. The van der Waals surface area contributed by atoms with Crippen LogP contribution in [0.2, 0.25) is 0 Å². The van der Waals surface area contributed by atoms with Gasteiger partial charge < -0.3 is 5.32 Å². The van der Waals surface area contributed by atoms with E-state index in [1.807, 2.05) is 36.4 Å². The van der Waals surface area contributed by atoms with Crippen molar-refractivity contribution in [2.45, 2.75) is 32.6 Å². The third-order valence-electron chi connectivity index (χ3n) is 4.19. The summed E-state index contributed by atoms with van der Waals surface area (Å²) in [6, 6.07) is 15.5. The first-order chi connectivity index (χ1) is 13.2. The number of para-hydroxylation sites is 2. The van der Waals surface area contributed by atoms with Gasteiger partial charge in [0.15, 0.2) is 5.11 Å². The van der Waals surface area contributed by atoms with Crippen molar-refractivity contribution >= 4 is 40.0 Å². The Morgan fingerprint density at radius 3 is 2.52 bits per heavy atom. The monoisotopic (exact) mass is 378 g/mol. The van der Waals surface area contributed by atoms with Gasteiger partial charge in [-0.05, 0) is 54.9 Å². The molecule has 0 saturated carbocycles. The highest BCUT2D eigenvalue weighted by Gasteiger charge is 2.11. The van der Waals surface area contributed by atoms with Crippen LogP contribution in [0.4, 0.5) is 5.69 Å². The molecule has 1 heterocycles. The molecule has 0 aliphatic rings. The summed E-state index contributed by atoms with van der Waals surface area (Å²) in [5, 5.41) is 5.90. The van der Waals surface area contributed by atoms with E-state index in [2.05, 4.69) is 39.7 Å². The second-order valence-electron chi connectivity index (χ2n) is 6.31. The van der Waals surface area contributed by atoms with E-state index in [9.17, 15) is 4.79 Å². The number of rotatable bonds is 6. The highest BCUT2D eigenvalue weighted by atomic mass is 32.1. The lowest BCUT2D eigenvalue weighted by molar-refractivity contribution is 0.0973. The molecule has 138 valence electrons. The molecule has 2 N–H and O–H groups in total. The summed E-state index contributed by atoms with van der Waals surface area (Å²) in [6.45, 7) is 2.20. The number of hydrogen-bond donors (Lipinski definition) is 2. The highest BCUT2D eigenvalue weighted by Crippen LogP contribution is 2.13. The highest BCUT2D eigenvalue weighted by molar-refractivity contribution is 7.80. The number of benzene rings is 2. The van der Waals surface area contributed by atoms with Crippen LogP contribution >= 0.6 is 12.2 Å². The molecule has 0 fully saturated rings. The standard InChI is InChI=1S/C21H22N4OS/c1-2-3-4-7-15-10-12-16(13-11-15)23-21(27)25-20(26)19-14-22-17-8-5-6-9-18(17)24-19/h5-6,8-14H,2-4,7H2,1H3,(H2,23,25,26,27). The predicted molar refractivity (Wildman–Crippen MR) is 113 cm³/mol. The number of carbonyl (C=O) groups excluding carboxylic acids is 1. The van der Waals surface area contributed by atoms with Gasteiger partial charge in [-0.25, -0.2) is 4.98 Å². The zero-order valence-electron chi connectivity index (χ0n) is 15.2. The van der Waals surface area contributed by atoms with E-state index in [0.717, 1.165) is 17.6 Å². The average Bonchev–Trinajstić information content (AvgIpc) is 2.69. The number of carbonyl (C=O) groups is 1. The van der Waals surface area contributed by atoms with E-state index in [0.29, 0.717) is 5.52 Å². The van der Waals surface area contributed by atoms with Gasteiger partial charge in [0.1, 0.15) is 5.69 Å². The predicted octanol–water partition coefficient (Wildman–Crippen LogP) is 4.49. The van der Waals surface area contributed by atoms with E-state index in [1.165, 1.54) is 31.0 Å². The molecule has 3 aromatic rings. The molecule has 0 radical (unpaired) electrons. The maximum atomic E-state index is 12.3. The van der Waals surface area contributed by atoms with E-state index in [4.69, 9.17) is 12.2 Å². The number of thiocarbonyl (C=S) groups is 1. The first-order valence-corrected chi connectivity index (χ1v) is 9.49. The first kappa shape index (κ1) is 18.9. The van der Waals surface area contributed by atoms with Crippen LogP contribution in [0, 0.1) is 0 Å². The van der Waals surface area contributed by atoms with Gasteiger partial charge in [-0.1, -0.05) is 44.0 Å². The third kappa shape index (κ3) is 5.31. The quantitative estimate of drug-likeness (QED) is 0.489. The van der Waals surface area contributed by atoms with Crippen LogP contribution in [0.5, 0.6) is 0 Å². The Hall–Kier alpha value is -2.86. The van der Waals surface area contributed by atoms with Crippen molar-refractivity contribution in [3.8, 4) is 0 Å². The summed E-state index contributed by atoms with van der Waals surface area (Å²) in [7, 11) is 0. The first-order valence-electron chi connectivity index (χ1n) is 9.09. The summed E-state index contributed by atoms with van der Waals surface area (Å²) in [4.78, 5) is 20.9. The number of unbranched alkanes of at least 4 members (excludes halogenated alkanes) is 2. The van der Waals surface area contributed by atoms with E-state index < -0.39 is 0 Å². The fourth-order valence-corrected chi connectivity index (χ4v) is 2.94. The van der Waals surface area contributed by atoms with Gasteiger partial charge in [0, 0.05) is 5.69 Å². The molecule has 0 atom stereocenters. The summed E-state index contributed by atoms with van der Waals surface area (Å²) in [5.74, 6) is -0.387. The summed E-state index contributed by atoms with van der Waals surface area (Å²) in [6.07, 6.45) is 6.19. The van der Waals surface area contributed by atoms with Crippen molar-refractivity contribution < 1.29 is 4.79 Å². The Balaban J connectivity index is 1.57. The normalized spacial score (nSPS) is 10.6. The lowest BCUT2D eigenvalue weighted by Crippen LogP contribution is -2.34. The number of nitrogens with one attached hydrogen (secondary N) is 2. The minimum Gasteiger partial charge on any atom is -0.332 e. The molecular formula is C21H22N4OS. The van der Waals surface area contributed by atoms with Crippen LogP contribution in [-0.2, 0) is 6.42 Å². The fraction of sp³-hybridized carbons (Fsp3) is 0.238. The molecule has 1 amide bonds. The van der Waals surface area contributed by atoms with Gasteiger partial charge in [0.2, 0.25) is 0 Å². The lowest BCUT2D eigenvalue weighted by atomic mass is 10.1. The second kappa shape index (κ2) is 9.19. The van der Waals surface area contributed by atoms with Crippen molar-refractivity contribution in [3.63, 3.8) is 0 Å². The van der Waals surface area contributed by atoms with E-state index in [-0.39, 0.29) is 16.7 Å². The van der Waals surface area contributed by atoms with Gasteiger partial charge in [0.05, 0.1) is 17.2 Å². The molecule has 5 nitrogen and oxygen atoms in total. The van der Waals surface area contributed by atoms with Crippen molar-refractivity contribution in [2.75, 3.05) is 5.32 Å². The summed E-state index contributed by atoms with van der Waals surface area (Å²) in [5.41, 5.74) is 3.78. The van der Waals surface area contributed by atoms with Crippen molar-refractivity contribution in [3.05, 3.63) is 66.0 Å². The van der Waals surface area contributed by atoms with Crippen molar-refractivity contribution in [1.29, 1.82) is 0 Å². The maximum absolute atomic E-state index is 12.3. The molecule has 2 aromatic carbocycles. The number of fused-ring (bicyclic) bond motifs is 1. The smallest absolute Gasteiger partial charge is 0.277 e. The molecule has 1 aromatic heterocycles. The third-order valence-corrected chi connectivity index (χ3v) is 4.39. The maximum Gasteiger partial charge on any atom is 0.277 e. The van der Waals surface area contributed by atoms with E-state index in [1.54, 1.807) is 0 Å². The molecule has 0 aliphatic heterocycles. The topological polar surface area (TPSA) is 66.9 Å². The van der Waals surface area contributed by atoms with Gasteiger partial charge in [-0.15, -0.1) is 0 Å². The Bertz CT molecular complexity index is 940. The molecule has 0 saturated heterocycles. The number of aromatic nitrogens is 2. The summed E-state index contributed by atoms with van der Waals surface area (Å²) < 4.78 is 0. The SMILES string of the molecule is CCCCCc1ccc(NC(=S)NC(=O)c2cnc3ccccc3n2)cc1. The number of hydrogen-bond acceptors (Lipinski definition) is 4. The van der Waals surface area contributed by atoms with Crippen molar-refractivity contribution in [1.82, 2.24) is 15.3 Å². The van der Waals surface area contributed by atoms with Crippen LogP contribution in [0.15, 0.2) is 54.7 Å². The van der Waals surface area contributed by atoms with Crippen LogP contribution in [-0.4, -0.2) is 21.0 Å². The van der Waals surface area contributed by atoms with Gasteiger partial charge in [0.25, 0.3) is 5.91 Å². The molecular weight excluding hydrogens is 356 g/mol. The largest absolute Gasteiger partial charge is 0.332 e. The van der Waals surface area contributed by atoms with Gasteiger partial charge in [-0.3, -0.25) is 15.1 Å². The van der Waals surface area contributed by atoms with Crippen LogP contribution in [0.25, 0.3) is 11.0 Å². The zero-order valence-corrected chi connectivity index (χ0v) is 16.1.